The van der Waals surface area contributed by atoms with Crippen LogP contribution in [0, 0.1) is 6.92 Å². The number of aromatic nitrogens is 2. The van der Waals surface area contributed by atoms with Gasteiger partial charge in [0.2, 0.25) is 0 Å². The van der Waals surface area contributed by atoms with Crippen LogP contribution in [0.25, 0.3) is 6.08 Å². The quantitative estimate of drug-likeness (QED) is 0.270. The van der Waals surface area contributed by atoms with Crippen LogP contribution in [0.2, 0.25) is 0 Å². The number of likely N-dealkylation sites (N-methyl/N-ethyl adjacent to an activating group) is 1. The monoisotopic (exact) mass is 459 g/mol. The summed E-state index contributed by atoms with van der Waals surface area (Å²) in [5.74, 6) is 0.397. The molecule has 3 aromatic rings. The normalized spacial score (nSPS) is 15.8. The number of hydrogen-bond acceptors (Lipinski definition) is 7. The highest BCUT2D eigenvalue weighted by Crippen LogP contribution is 2.25. The molecule has 0 aliphatic carbocycles. The Labute approximate surface area is 199 Å². The molecule has 0 radical (unpaired) electrons. The van der Waals surface area contributed by atoms with Gasteiger partial charge in [0.25, 0.3) is 0 Å². The standard InChI is InChI=1S/C26H29N5O3/c1-17-21(15-25(33)34)26(31(2)23-16-27-23)30-22(28-17)14-19-8-11-20(12-9-19)29-24(32)13-10-18-6-4-3-5-7-18/h3-13,23-24,27,29,32H,14-16H2,1-2H3,(H,33,34)/b13-10+. The van der Waals surface area contributed by atoms with Crippen molar-refractivity contribution in [2.24, 2.45) is 0 Å². The number of carboxylic acids is 1. The molecule has 8 nitrogen and oxygen atoms in total. The van der Waals surface area contributed by atoms with Gasteiger partial charge >= 0.3 is 5.97 Å². The Hall–Kier alpha value is -3.75. The maximum absolute atomic E-state index is 11.4. The molecule has 0 saturated carbocycles. The Morgan fingerprint density at radius 1 is 1.21 bits per heavy atom. The summed E-state index contributed by atoms with van der Waals surface area (Å²) in [5.41, 5.74) is 4.16. The van der Waals surface area contributed by atoms with Crippen LogP contribution in [0.4, 0.5) is 11.5 Å². The van der Waals surface area contributed by atoms with Crippen LogP contribution in [0.3, 0.4) is 0 Å². The van der Waals surface area contributed by atoms with Gasteiger partial charge in [-0.3, -0.25) is 10.1 Å². The summed E-state index contributed by atoms with van der Waals surface area (Å²) in [5, 5.41) is 25.8. The van der Waals surface area contributed by atoms with Crippen molar-refractivity contribution < 1.29 is 15.0 Å². The molecule has 4 rings (SSSR count). The summed E-state index contributed by atoms with van der Waals surface area (Å²) < 4.78 is 0. The lowest BCUT2D eigenvalue weighted by Gasteiger charge is -2.21. The van der Waals surface area contributed by atoms with Gasteiger partial charge in [-0.1, -0.05) is 48.5 Å². The van der Waals surface area contributed by atoms with Crippen molar-refractivity contribution in [2.45, 2.75) is 32.2 Å². The van der Waals surface area contributed by atoms with E-state index in [1.165, 1.54) is 0 Å². The van der Waals surface area contributed by atoms with E-state index in [2.05, 4.69) is 15.6 Å². The zero-order valence-corrected chi connectivity index (χ0v) is 19.3. The second-order valence-corrected chi connectivity index (χ2v) is 8.37. The number of benzene rings is 2. The molecule has 0 bridgehead atoms. The predicted octanol–water partition coefficient (Wildman–Crippen LogP) is 2.81. The Balaban J connectivity index is 1.44. The van der Waals surface area contributed by atoms with Crippen molar-refractivity contribution in [1.29, 1.82) is 0 Å². The van der Waals surface area contributed by atoms with Crippen LogP contribution in [-0.2, 0) is 17.6 Å². The van der Waals surface area contributed by atoms with Crippen molar-refractivity contribution in [2.75, 3.05) is 23.8 Å². The minimum Gasteiger partial charge on any atom is -0.481 e. The number of aliphatic carboxylic acids is 1. The molecule has 2 heterocycles. The Morgan fingerprint density at radius 2 is 1.91 bits per heavy atom. The average molecular weight is 460 g/mol. The first kappa shape index (κ1) is 23.4. The first-order valence-corrected chi connectivity index (χ1v) is 11.2. The summed E-state index contributed by atoms with van der Waals surface area (Å²) in [6, 6.07) is 17.5. The van der Waals surface area contributed by atoms with Gasteiger partial charge in [0.1, 0.15) is 17.9 Å². The van der Waals surface area contributed by atoms with Crippen LogP contribution in [-0.4, -0.2) is 52.1 Å². The van der Waals surface area contributed by atoms with Crippen LogP contribution in [0.15, 0.2) is 60.7 Å². The Bertz CT molecular complexity index is 1160. The molecule has 176 valence electrons. The van der Waals surface area contributed by atoms with Crippen molar-refractivity contribution >= 4 is 23.6 Å². The maximum Gasteiger partial charge on any atom is 0.308 e. The molecule has 1 fully saturated rings. The lowest BCUT2D eigenvalue weighted by molar-refractivity contribution is -0.136. The fourth-order valence-corrected chi connectivity index (χ4v) is 3.73. The summed E-state index contributed by atoms with van der Waals surface area (Å²) in [6.45, 7) is 2.68. The molecule has 2 aromatic carbocycles. The molecule has 1 aromatic heterocycles. The topological polar surface area (TPSA) is 121 Å². The lowest BCUT2D eigenvalue weighted by Crippen LogP contribution is -2.27. The van der Waals surface area contributed by atoms with Crippen molar-refractivity contribution in [3.05, 3.63) is 88.9 Å². The number of carbonyl (C=O) groups is 1. The third-order valence-electron chi connectivity index (χ3n) is 5.66. The van der Waals surface area contributed by atoms with Crippen molar-refractivity contribution in [3.63, 3.8) is 0 Å². The predicted molar refractivity (Wildman–Crippen MR) is 133 cm³/mol. The molecule has 0 spiro atoms. The van der Waals surface area contributed by atoms with E-state index in [9.17, 15) is 15.0 Å². The fourth-order valence-electron chi connectivity index (χ4n) is 3.73. The third kappa shape index (κ3) is 6.18. The van der Waals surface area contributed by atoms with Gasteiger partial charge in [-0.15, -0.1) is 0 Å². The van der Waals surface area contributed by atoms with E-state index in [0.29, 0.717) is 29.3 Å². The summed E-state index contributed by atoms with van der Waals surface area (Å²) in [7, 11) is 1.92. The number of anilines is 2. The lowest BCUT2D eigenvalue weighted by atomic mass is 10.1. The molecule has 1 saturated heterocycles. The van der Waals surface area contributed by atoms with Crippen LogP contribution in [0.5, 0.6) is 0 Å². The average Bonchev–Trinajstić information content (AvgIpc) is 3.66. The van der Waals surface area contributed by atoms with Gasteiger partial charge in [-0.2, -0.15) is 0 Å². The Morgan fingerprint density at radius 3 is 2.56 bits per heavy atom. The molecular formula is C26H29N5O3. The van der Waals surface area contributed by atoms with Crippen LogP contribution < -0.4 is 15.5 Å². The van der Waals surface area contributed by atoms with Crippen LogP contribution >= 0.6 is 0 Å². The van der Waals surface area contributed by atoms with Gasteiger partial charge in [0, 0.05) is 37.0 Å². The molecule has 0 amide bonds. The number of aliphatic hydroxyl groups excluding tert-OH is 1. The summed E-state index contributed by atoms with van der Waals surface area (Å²) in [6.07, 6.45) is 3.33. The van der Waals surface area contributed by atoms with E-state index in [4.69, 9.17) is 4.98 Å². The van der Waals surface area contributed by atoms with E-state index >= 15 is 0 Å². The largest absolute Gasteiger partial charge is 0.481 e. The third-order valence-corrected chi connectivity index (χ3v) is 5.66. The van der Waals surface area contributed by atoms with Crippen molar-refractivity contribution in [1.82, 2.24) is 15.3 Å². The second kappa shape index (κ2) is 10.5. The summed E-state index contributed by atoms with van der Waals surface area (Å²) in [4.78, 5) is 22.6. The molecule has 8 heteroatoms. The number of carboxylic acid groups (broad SMARTS) is 1. The van der Waals surface area contributed by atoms with Crippen molar-refractivity contribution in [3.8, 4) is 0 Å². The molecule has 1 aliphatic heterocycles. The van der Waals surface area contributed by atoms with E-state index in [1.54, 1.807) is 6.08 Å². The number of aliphatic hydroxyl groups is 1. The van der Waals surface area contributed by atoms with Gasteiger partial charge in [0.15, 0.2) is 0 Å². The number of aryl methyl sites for hydroxylation is 1. The molecular weight excluding hydrogens is 430 g/mol. The summed E-state index contributed by atoms with van der Waals surface area (Å²) >= 11 is 0. The molecule has 2 unspecified atom stereocenters. The number of hydrogen-bond donors (Lipinski definition) is 4. The second-order valence-electron chi connectivity index (χ2n) is 8.37. The number of nitrogens with zero attached hydrogens (tertiary/aromatic N) is 3. The zero-order valence-electron chi connectivity index (χ0n) is 19.3. The highest BCUT2D eigenvalue weighted by Gasteiger charge is 2.29. The molecule has 4 N–H and O–H groups in total. The first-order chi connectivity index (χ1) is 16.4. The van der Waals surface area contributed by atoms with Gasteiger partial charge in [-0.05, 0) is 36.3 Å². The van der Waals surface area contributed by atoms with E-state index in [0.717, 1.165) is 23.4 Å². The fraction of sp³-hybridized carbons (Fsp3) is 0.269. The molecule has 1 aliphatic rings. The molecule has 34 heavy (non-hydrogen) atoms. The SMILES string of the molecule is Cc1nc(Cc2ccc(NC(O)/C=C/c3ccccc3)cc2)nc(N(C)C2CN2)c1CC(=O)O. The number of nitrogens with one attached hydrogen (secondary N) is 2. The van der Waals surface area contributed by atoms with E-state index < -0.39 is 12.2 Å². The van der Waals surface area contributed by atoms with Gasteiger partial charge < -0.3 is 20.4 Å². The maximum atomic E-state index is 11.4. The highest BCUT2D eigenvalue weighted by molar-refractivity contribution is 5.73. The number of rotatable bonds is 10. The molecule has 2 atom stereocenters. The van der Waals surface area contributed by atoms with Gasteiger partial charge in [-0.25, -0.2) is 9.97 Å². The van der Waals surface area contributed by atoms with Crippen LogP contribution in [0.1, 0.15) is 28.2 Å². The first-order valence-electron chi connectivity index (χ1n) is 11.2. The Kier molecular flexibility index (Phi) is 7.20. The van der Waals surface area contributed by atoms with E-state index in [1.807, 2.05) is 79.5 Å². The smallest absolute Gasteiger partial charge is 0.308 e. The van der Waals surface area contributed by atoms with E-state index in [-0.39, 0.29) is 12.6 Å². The minimum absolute atomic E-state index is 0.111. The van der Waals surface area contributed by atoms with Gasteiger partial charge in [0.05, 0.1) is 12.6 Å². The highest BCUT2D eigenvalue weighted by atomic mass is 16.4. The minimum atomic E-state index is -0.901. The zero-order chi connectivity index (χ0) is 24.1.